The zero-order valence-corrected chi connectivity index (χ0v) is 19.9. The van der Waals surface area contributed by atoms with Crippen molar-refractivity contribution in [2.24, 2.45) is 0 Å². The Morgan fingerprint density at radius 2 is 2.00 bits per heavy atom. The van der Waals surface area contributed by atoms with Gasteiger partial charge in [0.1, 0.15) is 11.9 Å². The van der Waals surface area contributed by atoms with Crippen molar-refractivity contribution in [3.63, 3.8) is 0 Å². The van der Waals surface area contributed by atoms with Gasteiger partial charge < -0.3 is 25.0 Å². The van der Waals surface area contributed by atoms with Crippen molar-refractivity contribution in [3.8, 4) is 0 Å². The van der Waals surface area contributed by atoms with Crippen LogP contribution in [0.5, 0.6) is 0 Å². The normalized spacial score (nSPS) is 21.4. The van der Waals surface area contributed by atoms with E-state index in [2.05, 4.69) is 10.6 Å². The standard InChI is InChI=1S/C25H23FN4O5S/c26-15-4-1-13-2-6-22(33)30-10-17(23(15)24(13)30)27-8-7-18(31)19-11-29(25(34)35-19)14-3-5-20-16(9-14)28-21(32)12-36-20/h1-6,9,17-19,27,31H,7-8,10-12H2,(H,28,32)/t17-,18+,19-/m0/s1. The molecule has 9 nitrogen and oxygen atoms in total. The molecule has 0 spiro atoms. The summed E-state index contributed by atoms with van der Waals surface area (Å²) in [6, 6.07) is 11.2. The van der Waals surface area contributed by atoms with E-state index >= 15 is 0 Å². The second kappa shape index (κ2) is 8.91. The Kier molecular flexibility index (Phi) is 5.70. The van der Waals surface area contributed by atoms with Gasteiger partial charge in [-0.25, -0.2) is 9.18 Å². The number of carbonyl (C=O) groups excluding carboxylic acids is 2. The summed E-state index contributed by atoms with van der Waals surface area (Å²) < 4.78 is 21.6. The van der Waals surface area contributed by atoms with E-state index in [-0.39, 0.29) is 30.2 Å². The topological polar surface area (TPSA) is 113 Å². The van der Waals surface area contributed by atoms with E-state index in [1.807, 2.05) is 6.07 Å². The second-order valence-electron chi connectivity index (χ2n) is 9.09. The summed E-state index contributed by atoms with van der Waals surface area (Å²) in [5.41, 5.74) is 2.09. The lowest BCUT2D eigenvalue weighted by Gasteiger charge is -2.20. The number of ether oxygens (including phenoxy) is 1. The van der Waals surface area contributed by atoms with Crippen LogP contribution in [0.2, 0.25) is 0 Å². The molecule has 2 amide bonds. The van der Waals surface area contributed by atoms with Gasteiger partial charge >= 0.3 is 6.09 Å². The summed E-state index contributed by atoms with van der Waals surface area (Å²) in [4.78, 5) is 38.9. The Labute approximate surface area is 209 Å². The molecule has 3 aliphatic heterocycles. The Balaban J connectivity index is 1.09. The number of halogens is 1. The van der Waals surface area contributed by atoms with Crippen LogP contribution in [-0.4, -0.2) is 52.7 Å². The predicted octanol–water partition coefficient (Wildman–Crippen LogP) is 2.61. The SMILES string of the molecule is O=C1CSc2ccc(N3C[C@@H]([C@H](O)CCN[C@H]4Cn5c(=O)ccc6ccc(F)c4c65)OC3=O)cc2N1. The highest BCUT2D eigenvalue weighted by Gasteiger charge is 2.37. The number of anilines is 2. The maximum absolute atomic E-state index is 14.6. The van der Waals surface area contributed by atoms with Gasteiger partial charge in [-0.2, -0.15) is 0 Å². The number of hydrogen-bond acceptors (Lipinski definition) is 7. The smallest absolute Gasteiger partial charge is 0.414 e. The minimum Gasteiger partial charge on any atom is -0.441 e. The molecule has 3 N–H and O–H groups in total. The maximum atomic E-state index is 14.6. The molecule has 0 aliphatic carbocycles. The van der Waals surface area contributed by atoms with Crippen molar-refractivity contribution in [2.45, 2.75) is 36.1 Å². The number of nitrogens with one attached hydrogen (secondary N) is 2. The molecule has 36 heavy (non-hydrogen) atoms. The highest BCUT2D eigenvalue weighted by molar-refractivity contribution is 8.00. The largest absolute Gasteiger partial charge is 0.441 e. The van der Waals surface area contributed by atoms with Crippen LogP contribution in [-0.2, 0) is 16.1 Å². The molecule has 6 rings (SSSR count). The fourth-order valence-corrected chi connectivity index (χ4v) is 5.87. The van der Waals surface area contributed by atoms with Crippen molar-refractivity contribution >= 4 is 46.0 Å². The molecule has 0 bridgehead atoms. The molecule has 1 fully saturated rings. The Hall–Kier alpha value is -3.41. The molecule has 0 radical (unpaired) electrons. The lowest BCUT2D eigenvalue weighted by atomic mass is 10.0. The molecule has 3 aromatic rings. The van der Waals surface area contributed by atoms with E-state index in [0.717, 1.165) is 10.3 Å². The van der Waals surface area contributed by atoms with Crippen LogP contribution in [0.3, 0.4) is 0 Å². The molecule has 0 saturated carbocycles. The summed E-state index contributed by atoms with van der Waals surface area (Å²) in [5, 5.41) is 17.6. The molecule has 11 heteroatoms. The summed E-state index contributed by atoms with van der Waals surface area (Å²) in [7, 11) is 0. The lowest BCUT2D eigenvalue weighted by molar-refractivity contribution is -0.113. The van der Waals surface area contributed by atoms with Gasteiger partial charge in [-0.15, -0.1) is 11.8 Å². The number of fused-ring (bicyclic) bond motifs is 1. The van der Waals surface area contributed by atoms with Gasteiger partial charge in [0.15, 0.2) is 0 Å². The summed E-state index contributed by atoms with van der Waals surface area (Å²) in [5.74, 6) is -0.121. The van der Waals surface area contributed by atoms with Crippen LogP contribution in [0.25, 0.3) is 10.9 Å². The van der Waals surface area contributed by atoms with E-state index < -0.39 is 24.3 Å². The van der Waals surface area contributed by atoms with Crippen LogP contribution in [0.4, 0.5) is 20.6 Å². The van der Waals surface area contributed by atoms with Crippen molar-refractivity contribution in [1.82, 2.24) is 9.88 Å². The first-order valence-electron chi connectivity index (χ1n) is 11.7. The molecular weight excluding hydrogens is 487 g/mol. The number of nitrogens with zero attached hydrogens (tertiary/aromatic N) is 2. The number of amides is 2. The Morgan fingerprint density at radius 3 is 2.86 bits per heavy atom. The molecule has 4 heterocycles. The van der Waals surface area contributed by atoms with Gasteiger partial charge in [-0.1, -0.05) is 0 Å². The van der Waals surface area contributed by atoms with Gasteiger partial charge in [0, 0.05) is 28.8 Å². The number of hydrogen-bond donors (Lipinski definition) is 3. The average Bonchev–Trinajstić information content (AvgIpc) is 3.45. The van der Waals surface area contributed by atoms with Gasteiger partial charge in [0.25, 0.3) is 5.56 Å². The van der Waals surface area contributed by atoms with Crippen LogP contribution < -0.4 is 21.1 Å². The summed E-state index contributed by atoms with van der Waals surface area (Å²) in [6.45, 7) is 0.806. The highest BCUT2D eigenvalue weighted by atomic mass is 32.2. The monoisotopic (exact) mass is 510 g/mol. The van der Waals surface area contributed by atoms with E-state index in [4.69, 9.17) is 4.74 Å². The third kappa shape index (κ3) is 3.93. The van der Waals surface area contributed by atoms with E-state index in [0.29, 0.717) is 41.3 Å². The number of pyridine rings is 1. The van der Waals surface area contributed by atoms with Crippen molar-refractivity contribution < 1.29 is 23.8 Å². The highest BCUT2D eigenvalue weighted by Crippen LogP contribution is 2.36. The molecule has 2 aromatic carbocycles. The molecule has 186 valence electrons. The van der Waals surface area contributed by atoms with Gasteiger partial charge in [-0.3, -0.25) is 14.5 Å². The van der Waals surface area contributed by atoms with Crippen molar-refractivity contribution in [1.29, 1.82) is 0 Å². The first-order chi connectivity index (χ1) is 17.4. The predicted molar refractivity (Wildman–Crippen MR) is 133 cm³/mol. The van der Waals surface area contributed by atoms with Gasteiger partial charge in [0.05, 0.1) is 35.6 Å². The van der Waals surface area contributed by atoms with E-state index in [1.165, 1.54) is 28.8 Å². The number of benzene rings is 2. The van der Waals surface area contributed by atoms with Crippen LogP contribution in [0.1, 0.15) is 18.0 Å². The third-order valence-corrected chi connectivity index (χ3v) is 7.93. The number of thioether (sulfide) groups is 1. The number of rotatable bonds is 6. The molecule has 1 aromatic heterocycles. The van der Waals surface area contributed by atoms with Crippen LogP contribution in [0, 0.1) is 5.82 Å². The molecule has 1 saturated heterocycles. The van der Waals surface area contributed by atoms with Crippen LogP contribution in [0.15, 0.2) is 52.2 Å². The lowest BCUT2D eigenvalue weighted by Crippen LogP contribution is -2.34. The number of aromatic nitrogens is 1. The number of carbonyl (C=O) groups is 2. The molecule has 0 unspecified atom stereocenters. The zero-order chi connectivity index (χ0) is 25.0. The van der Waals surface area contributed by atoms with E-state index in [9.17, 15) is 23.9 Å². The molecule has 3 atom stereocenters. The van der Waals surface area contributed by atoms with Crippen LogP contribution >= 0.6 is 11.8 Å². The second-order valence-corrected chi connectivity index (χ2v) is 10.1. The summed E-state index contributed by atoms with van der Waals surface area (Å²) in [6.07, 6.45) is -1.97. The fourth-order valence-electron chi connectivity index (χ4n) is 5.08. The molecule has 3 aliphatic rings. The minimum atomic E-state index is -0.938. The third-order valence-electron chi connectivity index (χ3n) is 6.85. The molecular formula is C25H23FN4O5S. The maximum Gasteiger partial charge on any atom is 0.414 e. The number of aliphatic hydroxyl groups is 1. The fraction of sp³-hybridized carbons (Fsp3) is 0.320. The minimum absolute atomic E-state index is 0.0965. The van der Waals surface area contributed by atoms with Gasteiger partial charge in [0.2, 0.25) is 5.91 Å². The van der Waals surface area contributed by atoms with Gasteiger partial charge in [-0.05, 0) is 54.8 Å². The number of cyclic esters (lactones) is 1. The Bertz CT molecular complexity index is 1460. The zero-order valence-electron chi connectivity index (χ0n) is 19.1. The number of aliphatic hydroxyl groups excluding tert-OH is 1. The van der Waals surface area contributed by atoms with Crippen molar-refractivity contribution in [3.05, 3.63) is 64.2 Å². The van der Waals surface area contributed by atoms with Crippen molar-refractivity contribution in [2.75, 3.05) is 29.1 Å². The quantitative estimate of drug-likeness (QED) is 0.467. The average molecular weight is 511 g/mol. The first kappa shape index (κ1) is 23.0. The first-order valence-corrected chi connectivity index (χ1v) is 12.7. The summed E-state index contributed by atoms with van der Waals surface area (Å²) >= 11 is 1.43. The Morgan fingerprint density at radius 1 is 1.17 bits per heavy atom. The van der Waals surface area contributed by atoms with E-state index in [1.54, 1.807) is 28.8 Å².